The Balaban J connectivity index is 1.60. The van der Waals surface area contributed by atoms with Gasteiger partial charge in [-0.2, -0.15) is 13.2 Å². The molecule has 0 spiro atoms. The van der Waals surface area contributed by atoms with Crippen LogP contribution < -0.4 is 5.32 Å². The minimum Gasteiger partial charge on any atom is -0.350 e. The second-order valence-electron chi connectivity index (χ2n) is 4.98. The monoisotopic (exact) mass is 339 g/mol. The number of carbonyl (C=O) groups is 1. The van der Waals surface area contributed by atoms with E-state index in [9.17, 15) is 18.0 Å². The highest BCUT2D eigenvalue weighted by atomic mass is 32.1. The molecule has 0 aliphatic rings. The molecule has 0 radical (unpaired) electrons. The van der Waals surface area contributed by atoms with Crippen LogP contribution in [0, 0.1) is 0 Å². The van der Waals surface area contributed by atoms with Gasteiger partial charge in [-0.25, -0.2) is 4.98 Å². The van der Waals surface area contributed by atoms with Crippen molar-refractivity contribution in [3.05, 3.63) is 58.9 Å². The highest BCUT2D eigenvalue weighted by Gasteiger charge is 2.30. The van der Waals surface area contributed by atoms with Crippen molar-refractivity contribution >= 4 is 22.2 Å². The van der Waals surface area contributed by atoms with E-state index in [1.165, 1.54) is 23.5 Å². The van der Waals surface area contributed by atoms with Gasteiger partial charge in [-0.05, 0) is 11.6 Å². The molecule has 4 nitrogen and oxygen atoms in total. The van der Waals surface area contributed by atoms with Gasteiger partial charge in [-0.3, -0.25) is 9.20 Å². The second-order valence-corrected chi connectivity index (χ2v) is 5.85. The Labute approximate surface area is 133 Å². The van der Waals surface area contributed by atoms with E-state index in [0.29, 0.717) is 11.3 Å². The Hall–Kier alpha value is -2.35. The topological polar surface area (TPSA) is 46.4 Å². The number of rotatable bonds is 4. The van der Waals surface area contributed by atoms with Gasteiger partial charge < -0.3 is 5.32 Å². The largest absolute Gasteiger partial charge is 0.416 e. The standard InChI is InChI=1S/C15H12F3N3OS/c16-15(17,18)11-3-1-2-10(6-11)7-13(22)19-8-12-9-21-4-5-23-14(21)20-12/h1-6,9H,7-8H2,(H,19,22). The average molecular weight is 339 g/mol. The van der Waals surface area contributed by atoms with Crippen molar-refractivity contribution in [1.82, 2.24) is 14.7 Å². The van der Waals surface area contributed by atoms with Gasteiger partial charge in [0.2, 0.25) is 5.91 Å². The molecule has 0 saturated carbocycles. The number of thiazole rings is 1. The molecule has 23 heavy (non-hydrogen) atoms. The summed E-state index contributed by atoms with van der Waals surface area (Å²) < 4.78 is 39.8. The molecule has 0 fully saturated rings. The van der Waals surface area contributed by atoms with Gasteiger partial charge >= 0.3 is 6.18 Å². The first-order valence-electron chi connectivity index (χ1n) is 6.76. The smallest absolute Gasteiger partial charge is 0.350 e. The van der Waals surface area contributed by atoms with Gasteiger partial charge in [-0.1, -0.05) is 18.2 Å². The molecule has 1 N–H and O–H groups in total. The van der Waals surface area contributed by atoms with Crippen LogP contribution in [-0.4, -0.2) is 15.3 Å². The van der Waals surface area contributed by atoms with Crippen LogP contribution in [0.2, 0.25) is 0 Å². The highest BCUT2D eigenvalue weighted by molar-refractivity contribution is 7.15. The molecular formula is C15H12F3N3OS. The summed E-state index contributed by atoms with van der Waals surface area (Å²) >= 11 is 1.48. The summed E-state index contributed by atoms with van der Waals surface area (Å²) in [5.41, 5.74) is 0.273. The SMILES string of the molecule is O=C(Cc1cccc(C(F)(F)F)c1)NCc1cn2ccsc2n1. The molecule has 1 aromatic carbocycles. The number of nitrogens with zero attached hydrogens (tertiary/aromatic N) is 2. The Morgan fingerprint density at radius 2 is 2.17 bits per heavy atom. The zero-order valence-electron chi connectivity index (χ0n) is 11.8. The molecule has 3 rings (SSSR count). The van der Waals surface area contributed by atoms with E-state index in [0.717, 1.165) is 17.1 Å². The van der Waals surface area contributed by atoms with Gasteiger partial charge in [-0.15, -0.1) is 11.3 Å². The van der Waals surface area contributed by atoms with Gasteiger partial charge in [0.05, 0.1) is 24.2 Å². The van der Waals surface area contributed by atoms with Crippen molar-refractivity contribution in [2.75, 3.05) is 0 Å². The van der Waals surface area contributed by atoms with Crippen molar-refractivity contribution in [2.24, 2.45) is 0 Å². The summed E-state index contributed by atoms with van der Waals surface area (Å²) in [5.74, 6) is -0.347. The first-order chi connectivity index (χ1) is 10.9. The predicted molar refractivity (Wildman–Crippen MR) is 80.1 cm³/mol. The van der Waals surface area contributed by atoms with Crippen molar-refractivity contribution in [3.8, 4) is 0 Å². The normalized spacial score (nSPS) is 11.8. The third kappa shape index (κ3) is 3.70. The summed E-state index contributed by atoms with van der Waals surface area (Å²) in [6, 6.07) is 4.78. The maximum Gasteiger partial charge on any atom is 0.416 e. The molecule has 0 unspecified atom stereocenters. The number of fused-ring (bicyclic) bond motifs is 1. The quantitative estimate of drug-likeness (QED) is 0.793. The number of hydrogen-bond donors (Lipinski definition) is 1. The van der Waals surface area contributed by atoms with E-state index in [4.69, 9.17) is 0 Å². The molecule has 120 valence electrons. The number of aromatic nitrogens is 2. The lowest BCUT2D eigenvalue weighted by atomic mass is 10.1. The summed E-state index contributed by atoms with van der Waals surface area (Å²) in [5, 5.41) is 4.57. The Bertz CT molecular complexity index is 809. The maximum absolute atomic E-state index is 12.6. The van der Waals surface area contributed by atoms with E-state index in [1.54, 1.807) is 6.20 Å². The molecule has 0 atom stereocenters. The van der Waals surface area contributed by atoms with Crippen LogP contribution in [0.3, 0.4) is 0 Å². The molecule has 2 heterocycles. The molecule has 0 bridgehead atoms. The van der Waals surface area contributed by atoms with E-state index in [-0.39, 0.29) is 18.9 Å². The minimum atomic E-state index is -4.41. The number of imidazole rings is 1. The van der Waals surface area contributed by atoms with Gasteiger partial charge in [0.15, 0.2) is 4.96 Å². The fourth-order valence-electron chi connectivity index (χ4n) is 2.16. The first kappa shape index (κ1) is 15.5. The molecule has 8 heteroatoms. The number of halogens is 3. The van der Waals surface area contributed by atoms with E-state index in [2.05, 4.69) is 10.3 Å². The van der Waals surface area contributed by atoms with Crippen molar-refractivity contribution in [1.29, 1.82) is 0 Å². The van der Waals surface area contributed by atoms with Crippen LogP contribution in [-0.2, 0) is 23.9 Å². The highest BCUT2D eigenvalue weighted by Crippen LogP contribution is 2.29. The first-order valence-corrected chi connectivity index (χ1v) is 7.64. The van der Waals surface area contributed by atoms with Crippen LogP contribution in [0.1, 0.15) is 16.8 Å². The Morgan fingerprint density at radius 3 is 2.91 bits per heavy atom. The van der Waals surface area contributed by atoms with Crippen molar-refractivity contribution in [2.45, 2.75) is 19.1 Å². The van der Waals surface area contributed by atoms with Crippen molar-refractivity contribution in [3.63, 3.8) is 0 Å². The zero-order valence-corrected chi connectivity index (χ0v) is 12.6. The van der Waals surface area contributed by atoms with E-state index < -0.39 is 11.7 Å². The second kappa shape index (κ2) is 6.04. The third-order valence-electron chi connectivity index (χ3n) is 3.23. The van der Waals surface area contributed by atoms with Gasteiger partial charge in [0, 0.05) is 17.8 Å². The van der Waals surface area contributed by atoms with E-state index >= 15 is 0 Å². The van der Waals surface area contributed by atoms with Crippen LogP contribution in [0.25, 0.3) is 4.96 Å². The number of nitrogens with one attached hydrogen (secondary N) is 1. The third-order valence-corrected chi connectivity index (χ3v) is 4.00. The van der Waals surface area contributed by atoms with E-state index in [1.807, 2.05) is 16.0 Å². The lowest BCUT2D eigenvalue weighted by Gasteiger charge is -2.08. The summed E-state index contributed by atoms with van der Waals surface area (Å²) in [4.78, 5) is 17.0. The molecule has 2 aromatic heterocycles. The predicted octanol–water partition coefficient (Wildman–Crippen LogP) is 3.27. The molecular weight excluding hydrogens is 327 g/mol. The van der Waals surface area contributed by atoms with Crippen LogP contribution >= 0.6 is 11.3 Å². The molecule has 0 saturated heterocycles. The molecule has 0 aliphatic heterocycles. The van der Waals surface area contributed by atoms with Crippen molar-refractivity contribution < 1.29 is 18.0 Å². The Kier molecular flexibility index (Phi) is 4.08. The summed E-state index contributed by atoms with van der Waals surface area (Å²) in [7, 11) is 0. The lowest BCUT2D eigenvalue weighted by molar-refractivity contribution is -0.137. The molecule has 0 aliphatic carbocycles. The van der Waals surface area contributed by atoms with Crippen LogP contribution in [0.5, 0.6) is 0 Å². The fourth-order valence-corrected chi connectivity index (χ4v) is 2.87. The van der Waals surface area contributed by atoms with Gasteiger partial charge in [0.1, 0.15) is 0 Å². The molecule has 1 amide bonds. The number of benzene rings is 1. The number of hydrogen-bond acceptors (Lipinski definition) is 3. The maximum atomic E-state index is 12.6. The van der Waals surface area contributed by atoms with Crippen LogP contribution in [0.15, 0.2) is 42.0 Å². The summed E-state index contributed by atoms with van der Waals surface area (Å²) in [6.07, 6.45) is -0.849. The Morgan fingerprint density at radius 1 is 1.35 bits per heavy atom. The number of amides is 1. The minimum absolute atomic E-state index is 0.105. The molecule has 3 aromatic rings. The average Bonchev–Trinajstić information content (AvgIpc) is 3.05. The zero-order chi connectivity index (χ0) is 16.4. The number of alkyl halides is 3. The van der Waals surface area contributed by atoms with Crippen LogP contribution in [0.4, 0.5) is 13.2 Å². The van der Waals surface area contributed by atoms with Gasteiger partial charge in [0.25, 0.3) is 0 Å². The number of carbonyl (C=O) groups excluding carboxylic acids is 1. The lowest BCUT2D eigenvalue weighted by Crippen LogP contribution is -2.24. The fraction of sp³-hybridized carbons (Fsp3) is 0.200. The summed E-state index contributed by atoms with van der Waals surface area (Å²) in [6.45, 7) is 0.242.